The molecule has 0 aromatic heterocycles. The van der Waals surface area contributed by atoms with Gasteiger partial charge in [0.25, 0.3) is 0 Å². The van der Waals surface area contributed by atoms with Crippen molar-refractivity contribution in [2.24, 2.45) is 0 Å². The van der Waals surface area contributed by atoms with Crippen LogP contribution in [0.1, 0.15) is 20.3 Å². The molecule has 1 atom stereocenters. The molecule has 3 N–H and O–H groups in total. The zero-order valence-corrected chi connectivity index (χ0v) is 10.7. The van der Waals surface area contributed by atoms with Gasteiger partial charge < -0.3 is 11.1 Å². The van der Waals surface area contributed by atoms with Crippen LogP contribution in [0.15, 0.2) is 24.3 Å². The van der Waals surface area contributed by atoms with Crippen LogP contribution in [0, 0.1) is 0 Å². The number of amides is 1. The van der Waals surface area contributed by atoms with Crippen LogP contribution in [0.3, 0.4) is 0 Å². The molecule has 0 saturated carbocycles. The van der Waals surface area contributed by atoms with Crippen LogP contribution in [0.25, 0.3) is 0 Å². The van der Waals surface area contributed by atoms with Crippen molar-refractivity contribution in [1.82, 2.24) is 4.90 Å². The van der Waals surface area contributed by atoms with Gasteiger partial charge in [-0.05, 0) is 44.7 Å². The first-order valence-electron chi connectivity index (χ1n) is 5.88. The zero-order chi connectivity index (χ0) is 12.8. The van der Waals surface area contributed by atoms with Crippen molar-refractivity contribution in [3.05, 3.63) is 24.3 Å². The van der Waals surface area contributed by atoms with Crippen LogP contribution in [-0.2, 0) is 4.79 Å². The minimum atomic E-state index is -0.00225. The Bertz CT molecular complexity index is 361. The number of nitrogens with two attached hydrogens (primary N) is 1. The Kier molecular flexibility index (Phi) is 4.97. The molecule has 1 unspecified atom stereocenters. The average molecular weight is 235 g/mol. The van der Waals surface area contributed by atoms with E-state index in [0.29, 0.717) is 18.3 Å². The van der Waals surface area contributed by atoms with E-state index in [1.54, 1.807) is 24.3 Å². The van der Waals surface area contributed by atoms with E-state index in [2.05, 4.69) is 19.2 Å². The summed E-state index contributed by atoms with van der Waals surface area (Å²) in [4.78, 5) is 13.8. The highest BCUT2D eigenvalue weighted by Crippen LogP contribution is 2.10. The van der Waals surface area contributed by atoms with Gasteiger partial charge in [0.2, 0.25) is 5.91 Å². The molecule has 1 aromatic rings. The summed E-state index contributed by atoms with van der Waals surface area (Å²) >= 11 is 0. The lowest BCUT2D eigenvalue weighted by molar-refractivity contribution is -0.117. The molecular weight excluding hydrogens is 214 g/mol. The molecule has 0 bridgehead atoms. The van der Waals surface area contributed by atoms with E-state index >= 15 is 0 Å². The van der Waals surface area contributed by atoms with E-state index in [-0.39, 0.29) is 5.91 Å². The Morgan fingerprint density at radius 2 is 2.00 bits per heavy atom. The van der Waals surface area contributed by atoms with Gasteiger partial charge in [-0.1, -0.05) is 6.92 Å². The second-order valence-corrected chi connectivity index (χ2v) is 4.34. The number of carbonyl (C=O) groups excluding carboxylic acids is 1. The van der Waals surface area contributed by atoms with Crippen molar-refractivity contribution in [3.8, 4) is 0 Å². The molecule has 4 nitrogen and oxygen atoms in total. The molecule has 0 aliphatic carbocycles. The third-order valence-corrected chi connectivity index (χ3v) is 2.93. The third-order valence-electron chi connectivity index (χ3n) is 2.93. The Morgan fingerprint density at radius 3 is 2.53 bits per heavy atom. The molecule has 0 heterocycles. The first-order chi connectivity index (χ1) is 8.02. The normalized spacial score (nSPS) is 12.5. The number of hydrogen-bond acceptors (Lipinski definition) is 3. The van der Waals surface area contributed by atoms with E-state index in [9.17, 15) is 4.79 Å². The lowest BCUT2D eigenvalue weighted by Gasteiger charge is -2.22. The minimum absolute atomic E-state index is 0.00225. The molecule has 0 aliphatic heterocycles. The van der Waals surface area contributed by atoms with Crippen molar-refractivity contribution in [1.29, 1.82) is 0 Å². The monoisotopic (exact) mass is 235 g/mol. The van der Waals surface area contributed by atoms with Gasteiger partial charge in [-0.2, -0.15) is 0 Å². The van der Waals surface area contributed by atoms with Crippen molar-refractivity contribution < 1.29 is 4.79 Å². The molecule has 0 radical (unpaired) electrons. The Hall–Kier alpha value is -1.55. The van der Waals surface area contributed by atoms with Crippen LogP contribution in [0.5, 0.6) is 0 Å². The lowest BCUT2D eigenvalue weighted by atomic mass is 10.2. The molecule has 0 aliphatic rings. The summed E-state index contributed by atoms with van der Waals surface area (Å²) in [5, 5.41) is 2.84. The number of anilines is 2. The van der Waals surface area contributed by atoms with Gasteiger partial charge in [0.15, 0.2) is 0 Å². The number of nitrogen functional groups attached to an aromatic ring is 1. The van der Waals surface area contributed by atoms with Gasteiger partial charge >= 0.3 is 0 Å². The molecule has 0 spiro atoms. The largest absolute Gasteiger partial charge is 0.399 e. The van der Waals surface area contributed by atoms with Gasteiger partial charge in [0, 0.05) is 17.4 Å². The standard InChI is InChI=1S/C13H21N3O/c1-4-10(2)16(3)9-13(17)15-12-7-5-11(14)6-8-12/h5-8,10H,4,9,14H2,1-3H3,(H,15,17). The van der Waals surface area contributed by atoms with Crippen LogP contribution >= 0.6 is 0 Å². The predicted molar refractivity (Wildman–Crippen MR) is 71.9 cm³/mol. The molecule has 1 amide bonds. The fraction of sp³-hybridized carbons (Fsp3) is 0.462. The van der Waals surface area contributed by atoms with E-state index in [0.717, 1.165) is 12.1 Å². The number of nitrogens with zero attached hydrogens (tertiary/aromatic N) is 1. The SMILES string of the molecule is CCC(C)N(C)CC(=O)Nc1ccc(N)cc1. The van der Waals surface area contributed by atoms with E-state index < -0.39 is 0 Å². The summed E-state index contributed by atoms with van der Waals surface area (Å²) in [5.74, 6) is -0.00225. The maximum atomic E-state index is 11.7. The molecule has 0 saturated heterocycles. The van der Waals surface area contributed by atoms with Crippen LogP contribution in [0.4, 0.5) is 11.4 Å². The molecule has 1 aromatic carbocycles. The molecule has 0 fully saturated rings. The van der Waals surface area contributed by atoms with Crippen LogP contribution in [0.2, 0.25) is 0 Å². The molecule has 4 heteroatoms. The second-order valence-electron chi connectivity index (χ2n) is 4.34. The quantitative estimate of drug-likeness (QED) is 0.767. The number of likely N-dealkylation sites (N-methyl/N-ethyl adjacent to an activating group) is 1. The number of nitrogens with one attached hydrogen (secondary N) is 1. The summed E-state index contributed by atoms with van der Waals surface area (Å²) in [5.41, 5.74) is 7.05. The van der Waals surface area contributed by atoms with Gasteiger partial charge in [-0.15, -0.1) is 0 Å². The summed E-state index contributed by atoms with van der Waals surface area (Å²) in [7, 11) is 1.96. The van der Waals surface area contributed by atoms with Gasteiger partial charge in [0.1, 0.15) is 0 Å². The topological polar surface area (TPSA) is 58.4 Å². The van der Waals surface area contributed by atoms with Crippen molar-refractivity contribution in [3.63, 3.8) is 0 Å². The van der Waals surface area contributed by atoms with Crippen LogP contribution < -0.4 is 11.1 Å². The highest BCUT2D eigenvalue weighted by Gasteiger charge is 2.11. The van der Waals surface area contributed by atoms with E-state index in [1.165, 1.54) is 0 Å². The predicted octanol–water partition coefficient (Wildman–Crippen LogP) is 1.94. The van der Waals surface area contributed by atoms with Crippen LogP contribution in [-0.4, -0.2) is 30.4 Å². The summed E-state index contributed by atoms with van der Waals surface area (Å²) in [6.07, 6.45) is 1.03. The van der Waals surface area contributed by atoms with Gasteiger partial charge in [-0.3, -0.25) is 9.69 Å². The Balaban J connectivity index is 2.47. The number of benzene rings is 1. The lowest BCUT2D eigenvalue weighted by Crippen LogP contribution is -2.36. The third kappa shape index (κ3) is 4.44. The van der Waals surface area contributed by atoms with Gasteiger partial charge in [-0.25, -0.2) is 0 Å². The number of carbonyl (C=O) groups is 1. The highest BCUT2D eigenvalue weighted by molar-refractivity contribution is 5.92. The summed E-state index contributed by atoms with van der Waals surface area (Å²) in [6, 6.07) is 7.56. The highest BCUT2D eigenvalue weighted by atomic mass is 16.2. The molecule has 94 valence electrons. The molecular formula is C13H21N3O. The van der Waals surface area contributed by atoms with Crippen molar-refractivity contribution >= 4 is 17.3 Å². The summed E-state index contributed by atoms with van der Waals surface area (Å²) in [6.45, 7) is 4.62. The maximum Gasteiger partial charge on any atom is 0.238 e. The molecule has 17 heavy (non-hydrogen) atoms. The smallest absolute Gasteiger partial charge is 0.238 e. The fourth-order valence-electron chi connectivity index (χ4n) is 1.46. The summed E-state index contributed by atoms with van der Waals surface area (Å²) < 4.78 is 0. The number of hydrogen-bond donors (Lipinski definition) is 2. The number of rotatable bonds is 5. The van der Waals surface area contributed by atoms with Crippen molar-refractivity contribution in [2.75, 3.05) is 24.6 Å². The minimum Gasteiger partial charge on any atom is -0.399 e. The first kappa shape index (κ1) is 13.5. The average Bonchev–Trinajstić information content (AvgIpc) is 2.30. The van der Waals surface area contributed by atoms with E-state index in [4.69, 9.17) is 5.73 Å². The Morgan fingerprint density at radius 1 is 1.41 bits per heavy atom. The fourth-order valence-corrected chi connectivity index (χ4v) is 1.46. The Labute approximate surface area is 103 Å². The van der Waals surface area contributed by atoms with Gasteiger partial charge in [0.05, 0.1) is 6.54 Å². The first-order valence-corrected chi connectivity index (χ1v) is 5.88. The van der Waals surface area contributed by atoms with E-state index in [1.807, 2.05) is 11.9 Å². The maximum absolute atomic E-state index is 11.7. The zero-order valence-electron chi connectivity index (χ0n) is 10.7. The van der Waals surface area contributed by atoms with Crippen molar-refractivity contribution in [2.45, 2.75) is 26.3 Å². The molecule has 1 rings (SSSR count). The second kappa shape index (κ2) is 6.25.